The number of carbonyl (C=O) groups excluding carboxylic acids is 1. The molecule has 1 saturated heterocycles. The Balaban J connectivity index is 0.000000574. The van der Waals surface area contributed by atoms with Crippen LogP contribution >= 0.6 is 15.9 Å². The van der Waals surface area contributed by atoms with Crippen molar-refractivity contribution >= 4 is 21.9 Å². The van der Waals surface area contributed by atoms with E-state index in [1.807, 2.05) is 34.6 Å². The Bertz CT molecular complexity index is 976. The molecule has 1 aliphatic rings. The fourth-order valence-electron chi connectivity index (χ4n) is 2.79. The van der Waals surface area contributed by atoms with Crippen molar-refractivity contribution < 1.29 is 27.8 Å². The van der Waals surface area contributed by atoms with Crippen molar-refractivity contribution in [2.24, 2.45) is 0 Å². The third-order valence-corrected chi connectivity index (χ3v) is 5.44. The molecule has 0 saturated carbocycles. The maximum atomic E-state index is 13.1. The number of alkyl halides is 2. The van der Waals surface area contributed by atoms with Crippen molar-refractivity contribution in [3.63, 3.8) is 0 Å². The van der Waals surface area contributed by atoms with Gasteiger partial charge in [-0.25, -0.2) is 13.6 Å². The van der Waals surface area contributed by atoms with Crippen LogP contribution in [0.4, 0.5) is 8.78 Å². The molecule has 0 atom stereocenters. The third kappa shape index (κ3) is 9.57. The van der Waals surface area contributed by atoms with Crippen LogP contribution in [0.3, 0.4) is 0 Å². The van der Waals surface area contributed by atoms with Gasteiger partial charge in [-0.3, -0.25) is 4.98 Å². The van der Waals surface area contributed by atoms with Crippen LogP contribution in [0.5, 0.6) is 5.75 Å². The summed E-state index contributed by atoms with van der Waals surface area (Å²) >= 11 is 3.36. The standard InChI is InChI=1S/C19H20BrF2NO3.C5H9NO.C2H6/c1-5-19(2,3)26-18(24)12-7-6-11(20)8-13(12)14-9-15(17(21)22)23-10-16(14)25-4;1-5-4-7-3-2-6-5;1-2/h6-10,17H,5H2,1-4H3;6H,1-4H2;1-2H3. The Kier molecular flexibility index (Phi) is 12.9. The number of nitrogens with one attached hydrogen (secondary N) is 1. The molecule has 1 aromatic carbocycles. The first-order valence-electron chi connectivity index (χ1n) is 11.4. The molecule has 35 heavy (non-hydrogen) atoms. The van der Waals surface area contributed by atoms with E-state index >= 15 is 0 Å². The van der Waals surface area contributed by atoms with Crippen LogP contribution in [0.1, 0.15) is 63.5 Å². The lowest BCUT2D eigenvalue weighted by molar-refractivity contribution is -0.00235. The summed E-state index contributed by atoms with van der Waals surface area (Å²) in [6.07, 6.45) is -0.872. The van der Waals surface area contributed by atoms with Crippen LogP contribution in [0.2, 0.25) is 0 Å². The Labute approximate surface area is 215 Å². The van der Waals surface area contributed by atoms with Crippen LogP contribution < -0.4 is 10.1 Å². The van der Waals surface area contributed by atoms with Gasteiger partial charge in [0, 0.05) is 27.8 Å². The molecule has 9 heteroatoms. The van der Waals surface area contributed by atoms with Gasteiger partial charge in [-0.15, -0.1) is 0 Å². The number of methoxy groups -OCH3 is 1. The van der Waals surface area contributed by atoms with E-state index in [0.717, 1.165) is 18.8 Å². The van der Waals surface area contributed by atoms with E-state index in [2.05, 4.69) is 32.8 Å². The number of nitrogens with zero attached hydrogens (tertiary/aromatic N) is 1. The maximum Gasteiger partial charge on any atom is 0.339 e. The van der Waals surface area contributed by atoms with Gasteiger partial charge in [0.25, 0.3) is 6.43 Å². The first-order chi connectivity index (χ1) is 16.6. The Morgan fingerprint density at radius 1 is 1.29 bits per heavy atom. The molecule has 0 radical (unpaired) electrons. The zero-order valence-electron chi connectivity index (χ0n) is 21.2. The molecule has 0 spiro atoms. The molecule has 3 rings (SSSR count). The van der Waals surface area contributed by atoms with Crippen LogP contribution in [0.25, 0.3) is 11.1 Å². The number of halogens is 3. The minimum Gasteiger partial charge on any atom is -0.494 e. The predicted molar refractivity (Wildman–Crippen MR) is 138 cm³/mol. The highest BCUT2D eigenvalue weighted by molar-refractivity contribution is 9.10. The van der Waals surface area contributed by atoms with Gasteiger partial charge in [0.05, 0.1) is 32.1 Å². The summed E-state index contributed by atoms with van der Waals surface area (Å²) in [7, 11) is 1.42. The molecule has 6 nitrogen and oxygen atoms in total. The fraction of sp³-hybridized carbons (Fsp3) is 0.462. The topological polar surface area (TPSA) is 69.7 Å². The number of hydrogen-bond donors (Lipinski definition) is 1. The number of benzene rings is 1. The summed E-state index contributed by atoms with van der Waals surface area (Å²) in [5.74, 6) is -0.242. The molecule has 2 aromatic rings. The molecule has 2 heterocycles. The highest BCUT2D eigenvalue weighted by atomic mass is 79.9. The average molecular weight is 557 g/mol. The third-order valence-electron chi connectivity index (χ3n) is 4.94. The number of aromatic nitrogens is 1. The van der Waals surface area contributed by atoms with Crippen molar-refractivity contribution in [1.29, 1.82) is 0 Å². The maximum absolute atomic E-state index is 13.1. The molecular formula is C26H35BrF2N2O4. The van der Waals surface area contributed by atoms with Gasteiger partial charge in [0.15, 0.2) is 0 Å². The molecule has 1 aromatic heterocycles. The van der Waals surface area contributed by atoms with Gasteiger partial charge in [0.1, 0.15) is 17.0 Å². The van der Waals surface area contributed by atoms with Crippen LogP contribution in [-0.4, -0.2) is 43.4 Å². The van der Waals surface area contributed by atoms with Crippen molar-refractivity contribution in [3.8, 4) is 16.9 Å². The summed E-state index contributed by atoms with van der Waals surface area (Å²) < 4.78 is 42.7. The first kappa shape index (κ1) is 30.5. The van der Waals surface area contributed by atoms with E-state index in [1.165, 1.54) is 19.4 Å². The highest BCUT2D eigenvalue weighted by Gasteiger charge is 2.25. The number of carbonyl (C=O) groups is 1. The van der Waals surface area contributed by atoms with E-state index in [1.54, 1.807) is 18.2 Å². The number of esters is 1. The van der Waals surface area contributed by atoms with Gasteiger partial charge in [-0.1, -0.05) is 43.3 Å². The minimum atomic E-state index is -2.73. The molecule has 1 aliphatic heterocycles. The van der Waals surface area contributed by atoms with Gasteiger partial charge in [-0.2, -0.15) is 0 Å². The number of pyridine rings is 1. The molecular weight excluding hydrogens is 522 g/mol. The number of ether oxygens (including phenoxy) is 3. The molecule has 194 valence electrons. The van der Waals surface area contributed by atoms with E-state index in [9.17, 15) is 13.6 Å². The zero-order chi connectivity index (χ0) is 26.6. The largest absolute Gasteiger partial charge is 0.494 e. The van der Waals surface area contributed by atoms with Gasteiger partial charge in [-0.05, 0) is 44.5 Å². The zero-order valence-corrected chi connectivity index (χ0v) is 22.8. The second-order valence-corrected chi connectivity index (χ2v) is 8.80. The Morgan fingerprint density at radius 3 is 2.46 bits per heavy atom. The van der Waals surface area contributed by atoms with Crippen molar-refractivity contribution in [2.45, 2.75) is 53.1 Å². The lowest BCUT2D eigenvalue weighted by atomic mass is 9.98. The molecule has 1 N–H and O–H groups in total. The summed E-state index contributed by atoms with van der Waals surface area (Å²) in [6, 6.07) is 6.19. The second-order valence-electron chi connectivity index (χ2n) is 7.89. The van der Waals surface area contributed by atoms with Crippen molar-refractivity contribution in [2.75, 3.05) is 26.9 Å². The average Bonchev–Trinajstić information content (AvgIpc) is 2.85. The van der Waals surface area contributed by atoms with Crippen LogP contribution in [0.15, 0.2) is 47.2 Å². The number of rotatable bonds is 6. The lowest BCUT2D eigenvalue weighted by Crippen LogP contribution is -2.27. The molecule has 0 amide bonds. The normalized spacial score (nSPS) is 13.0. The number of morpholine rings is 1. The van der Waals surface area contributed by atoms with Crippen molar-refractivity contribution in [3.05, 3.63) is 58.5 Å². The number of hydrogen-bond acceptors (Lipinski definition) is 6. The molecule has 0 aliphatic carbocycles. The van der Waals surface area contributed by atoms with Crippen LogP contribution in [0, 0.1) is 0 Å². The van der Waals surface area contributed by atoms with Gasteiger partial charge < -0.3 is 19.5 Å². The smallest absolute Gasteiger partial charge is 0.339 e. The molecule has 1 fully saturated rings. The summed E-state index contributed by atoms with van der Waals surface area (Å²) in [5.41, 5.74) is 0.996. The van der Waals surface area contributed by atoms with E-state index < -0.39 is 23.7 Å². The second kappa shape index (κ2) is 14.8. The first-order valence-corrected chi connectivity index (χ1v) is 12.2. The Hall–Kier alpha value is -2.52. The quantitative estimate of drug-likeness (QED) is 0.388. The predicted octanol–water partition coefficient (Wildman–Crippen LogP) is 6.95. The van der Waals surface area contributed by atoms with Gasteiger partial charge in [0.2, 0.25) is 0 Å². The van der Waals surface area contributed by atoms with Crippen molar-refractivity contribution in [1.82, 2.24) is 10.3 Å². The highest BCUT2D eigenvalue weighted by Crippen LogP contribution is 2.36. The molecule has 0 unspecified atom stereocenters. The van der Waals surface area contributed by atoms with Gasteiger partial charge >= 0.3 is 5.97 Å². The molecule has 0 bridgehead atoms. The Morgan fingerprint density at radius 2 is 1.97 bits per heavy atom. The summed E-state index contributed by atoms with van der Waals surface area (Å²) in [4.78, 5) is 16.4. The van der Waals surface area contributed by atoms with E-state index in [0.29, 0.717) is 28.6 Å². The lowest BCUT2D eigenvalue weighted by Gasteiger charge is -2.24. The monoisotopic (exact) mass is 556 g/mol. The minimum absolute atomic E-state index is 0.263. The van der Waals surface area contributed by atoms with E-state index in [-0.39, 0.29) is 11.3 Å². The summed E-state index contributed by atoms with van der Waals surface area (Å²) in [5, 5.41) is 3.06. The fourth-order valence-corrected chi connectivity index (χ4v) is 3.15. The van der Waals surface area contributed by atoms with Crippen LogP contribution in [-0.2, 0) is 9.47 Å². The summed E-state index contributed by atoms with van der Waals surface area (Å²) in [6.45, 7) is 15.6. The van der Waals surface area contributed by atoms with E-state index in [4.69, 9.17) is 14.2 Å². The SMILES string of the molecule is C=C1COCCN1.CC.CCC(C)(C)OC(=O)c1ccc(Br)cc1-c1cc(C(F)F)ncc1OC.